The molecule has 1 amide bonds. The van der Waals surface area contributed by atoms with Crippen molar-refractivity contribution in [2.45, 2.75) is 25.7 Å². The van der Waals surface area contributed by atoms with E-state index in [1.54, 1.807) is 5.38 Å². The van der Waals surface area contributed by atoms with Crippen molar-refractivity contribution in [1.29, 1.82) is 0 Å². The molecule has 0 aliphatic rings. The molecule has 1 aromatic carbocycles. The number of hydrogen-bond acceptors (Lipinski definition) is 4. The van der Waals surface area contributed by atoms with Crippen LogP contribution in [-0.4, -0.2) is 24.0 Å². The van der Waals surface area contributed by atoms with Gasteiger partial charge in [0.1, 0.15) is 5.69 Å². The van der Waals surface area contributed by atoms with Gasteiger partial charge in [0, 0.05) is 28.2 Å². The Morgan fingerprint density at radius 1 is 1.36 bits per heavy atom. The van der Waals surface area contributed by atoms with Gasteiger partial charge in [0.25, 0.3) is 5.91 Å². The van der Waals surface area contributed by atoms with Gasteiger partial charge in [-0.3, -0.25) is 4.79 Å². The molecule has 0 atom stereocenters. The minimum absolute atomic E-state index is 0.135. The minimum Gasteiger partial charge on any atom is -0.350 e. The number of aromatic nitrogens is 1. The van der Waals surface area contributed by atoms with Gasteiger partial charge in [-0.1, -0.05) is 41.9 Å². The average molecular weight is 382 g/mol. The minimum atomic E-state index is -0.146. The molecule has 3 N–H and O–H groups in total. The van der Waals surface area contributed by atoms with Crippen LogP contribution in [0.15, 0.2) is 34.1 Å². The number of nitrogens with zero attached hydrogens (tertiary/aromatic N) is 1. The highest BCUT2D eigenvalue weighted by atomic mass is 79.9. The van der Waals surface area contributed by atoms with Crippen LogP contribution in [0, 0.1) is 0 Å². The fourth-order valence-electron chi connectivity index (χ4n) is 2.05. The van der Waals surface area contributed by atoms with E-state index in [2.05, 4.69) is 52.2 Å². The first-order chi connectivity index (χ1) is 10.4. The Kier molecular flexibility index (Phi) is 5.72. The highest BCUT2D eigenvalue weighted by Crippen LogP contribution is 2.24. The maximum absolute atomic E-state index is 12.2. The molecule has 0 fully saturated rings. The zero-order valence-corrected chi connectivity index (χ0v) is 15.1. The number of rotatable bonds is 6. The Morgan fingerprint density at radius 2 is 2.05 bits per heavy atom. The first-order valence-corrected chi connectivity index (χ1v) is 8.78. The maximum atomic E-state index is 12.2. The van der Waals surface area contributed by atoms with E-state index in [1.807, 2.05) is 12.1 Å². The second-order valence-corrected chi connectivity index (χ2v) is 7.60. The van der Waals surface area contributed by atoms with E-state index >= 15 is 0 Å². The first-order valence-electron chi connectivity index (χ1n) is 7.11. The summed E-state index contributed by atoms with van der Waals surface area (Å²) in [6, 6.07) is 8.16. The molecule has 6 heteroatoms. The van der Waals surface area contributed by atoms with E-state index in [0.29, 0.717) is 25.2 Å². The molecule has 0 unspecified atom stereocenters. The van der Waals surface area contributed by atoms with Crippen LogP contribution in [0.1, 0.15) is 34.9 Å². The van der Waals surface area contributed by atoms with Crippen LogP contribution in [0.3, 0.4) is 0 Å². The Labute approximate surface area is 143 Å². The Balaban J connectivity index is 1.98. The second-order valence-electron chi connectivity index (χ2n) is 5.74. The SMILES string of the molecule is CC(C)(CNC(=O)c1csc(CCN)n1)c1ccc(Br)cc1. The van der Waals surface area contributed by atoms with Crippen LogP contribution in [0.25, 0.3) is 0 Å². The van der Waals surface area contributed by atoms with E-state index in [1.165, 1.54) is 16.9 Å². The number of thiazole rings is 1. The normalized spacial score (nSPS) is 11.5. The Morgan fingerprint density at radius 3 is 2.68 bits per heavy atom. The van der Waals surface area contributed by atoms with Crippen LogP contribution < -0.4 is 11.1 Å². The summed E-state index contributed by atoms with van der Waals surface area (Å²) in [7, 11) is 0. The van der Waals surface area contributed by atoms with Crippen LogP contribution in [0.4, 0.5) is 0 Å². The number of hydrogen-bond donors (Lipinski definition) is 2. The van der Waals surface area contributed by atoms with E-state index < -0.39 is 0 Å². The molecule has 0 radical (unpaired) electrons. The van der Waals surface area contributed by atoms with Gasteiger partial charge in [-0.25, -0.2) is 4.98 Å². The molecule has 2 aromatic rings. The van der Waals surface area contributed by atoms with Gasteiger partial charge in [-0.15, -0.1) is 11.3 Å². The molecule has 1 heterocycles. The zero-order chi connectivity index (χ0) is 16.2. The van der Waals surface area contributed by atoms with Crippen molar-refractivity contribution in [2.75, 3.05) is 13.1 Å². The summed E-state index contributed by atoms with van der Waals surface area (Å²) >= 11 is 4.91. The lowest BCUT2D eigenvalue weighted by atomic mass is 9.84. The quantitative estimate of drug-likeness (QED) is 0.807. The van der Waals surface area contributed by atoms with Gasteiger partial charge in [0.05, 0.1) is 5.01 Å². The molecule has 1 aromatic heterocycles. The number of carbonyl (C=O) groups is 1. The van der Waals surface area contributed by atoms with Crippen molar-refractivity contribution in [3.8, 4) is 0 Å². The van der Waals surface area contributed by atoms with Gasteiger partial charge in [0.15, 0.2) is 0 Å². The van der Waals surface area contributed by atoms with Crippen molar-refractivity contribution in [1.82, 2.24) is 10.3 Å². The van der Waals surface area contributed by atoms with Gasteiger partial charge < -0.3 is 11.1 Å². The maximum Gasteiger partial charge on any atom is 0.270 e. The smallest absolute Gasteiger partial charge is 0.270 e. The summed E-state index contributed by atoms with van der Waals surface area (Å²) in [5.74, 6) is -0.135. The average Bonchev–Trinajstić information content (AvgIpc) is 2.94. The van der Waals surface area contributed by atoms with Gasteiger partial charge in [0.2, 0.25) is 0 Å². The van der Waals surface area contributed by atoms with Crippen molar-refractivity contribution in [2.24, 2.45) is 5.73 Å². The number of amides is 1. The predicted octanol–water partition coefficient (Wildman–Crippen LogP) is 3.11. The molecular formula is C16H20BrN3OS. The van der Waals surface area contributed by atoms with E-state index in [4.69, 9.17) is 5.73 Å². The zero-order valence-electron chi connectivity index (χ0n) is 12.7. The first kappa shape index (κ1) is 17.1. The summed E-state index contributed by atoms with van der Waals surface area (Å²) in [6.07, 6.45) is 0.711. The van der Waals surface area contributed by atoms with Gasteiger partial charge in [-0.05, 0) is 24.2 Å². The molecule has 0 spiro atoms. The number of benzene rings is 1. The summed E-state index contributed by atoms with van der Waals surface area (Å²) in [4.78, 5) is 16.5. The van der Waals surface area contributed by atoms with E-state index in [0.717, 1.165) is 9.48 Å². The van der Waals surface area contributed by atoms with E-state index in [9.17, 15) is 4.79 Å². The predicted molar refractivity (Wildman–Crippen MR) is 94.4 cm³/mol. The molecule has 118 valence electrons. The van der Waals surface area contributed by atoms with Crippen LogP contribution in [0.5, 0.6) is 0 Å². The largest absolute Gasteiger partial charge is 0.350 e. The molecule has 2 rings (SSSR count). The number of halogens is 1. The second kappa shape index (κ2) is 7.35. The third kappa shape index (κ3) is 4.38. The van der Waals surface area contributed by atoms with Crippen LogP contribution >= 0.6 is 27.3 Å². The molecule has 0 saturated heterocycles. The standard InChI is InChI=1S/C16H20BrN3OS/c1-16(2,11-3-5-12(17)6-4-11)10-19-15(21)13-9-22-14(20-13)7-8-18/h3-6,9H,7-8,10,18H2,1-2H3,(H,19,21). The molecule has 0 aliphatic heterocycles. The Bertz CT molecular complexity index is 637. The molecule has 0 saturated carbocycles. The van der Waals surface area contributed by atoms with Gasteiger partial charge in [-0.2, -0.15) is 0 Å². The molecule has 4 nitrogen and oxygen atoms in total. The van der Waals surface area contributed by atoms with Crippen LogP contribution in [-0.2, 0) is 11.8 Å². The van der Waals surface area contributed by atoms with Crippen molar-refractivity contribution in [3.05, 3.63) is 50.4 Å². The fraction of sp³-hybridized carbons (Fsp3) is 0.375. The third-order valence-electron chi connectivity index (χ3n) is 3.46. The third-order valence-corrected chi connectivity index (χ3v) is 4.90. The van der Waals surface area contributed by atoms with Crippen molar-refractivity contribution < 1.29 is 4.79 Å². The fourth-order valence-corrected chi connectivity index (χ4v) is 3.11. The summed E-state index contributed by atoms with van der Waals surface area (Å²) in [5.41, 5.74) is 7.00. The number of nitrogens with two attached hydrogens (primary N) is 1. The lowest BCUT2D eigenvalue weighted by Crippen LogP contribution is -2.36. The van der Waals surface area contributed by atoms with Crippen molar-refractivity contribution in [3.63, 3.8) is 0 Å². The highest BCUT2D eigenvalue weighted by Gasteiger charge is 2.22. The van der Waals surface area contributed by atoms with E-state index in [-0.39, 0.29) is 11.3 Å². The molecule has 0 aliphatic carbocycles. The number of carbonyl (C=O) groups excluding carboxylic acids is 1. The summed E-state index contributed by atoms with van der Waals surface area (Å²) in [5, 5.41) is 5.66. The summed E-state index contributed by atoms with van der Waals surface area (Å²) in [6.45, 7) is 5.32. The molecule has 22 heavy (non-hydrogen) atoms. The monoisotopic (exact) mass is 381 g/mol. The van der Waals surface area contributed by atoms with Crippen molar-refractivity contribution >= 4 is 33.2 Å². The summed E-state index contributed by atoms with van der Waals surface area (Å²) < 4.78 is 1.05. The highest BCUT2D eigenvalue weighted by molar-refractivity contribution is 9.10. The lowest BCUT2D eigenvalue weighted by molar-refractivity contribution is 0.0941. The Hall–Kier alpha value is -1.24. The number of nitrogens with one attached hydrogen (secondary N) is 1. The lowest BCUT2D eigenvalue weighted by Gasteiger charge is -2.25. The molecular weight excluding hydrogens is 362 g/mol. The van der Waals surface area contributed by atoms with Gasteiger partial charge >= 0.3 is 0 Å². The topological polar surface area (TPSA) is 68.0 Å². The van der Waals surface area contributed by atoms with Crippen LogP contribution in [0.2, 0.25) is 0 Å². The molecule has 0 bridgehead atoms.